The Balaban J connectivity index is 3.75. The van der Waals surface area contributed by atoms with Gasteiger partial charge in [0.2, 0.25) is 5.91 Å². The lowest BCUT2D eigenvalue weighted by molar-refractivity contribution is -0.139. The molecule has 0 aliphatic heterocycles. The molecule has 0 aliphatic rings. The number of primary amides is 1. The molecule has 0 spiro atoms. The summed E-state index contributed by atoms with van der Waals surface area (Å²) in [6.07, 6.45) is 4.15. The van der Waals surface area contributed by atoms with Gasteiger partial charge in [0.15, 0.2) is 0 Å². The monoisotopic (exact) mass is 253 g/mol. The number of esters is 1. The van der Waals surface area contributed by atoms with Gasteiger partial charge in [-0.1, -0.05) is 46.3 Å². The Hall–Kier alpha value is -1.58. The van der Waals surface area contributed by atoms with Crippen LogP contribution in [0.3, 0.4) is 0 Å². The van der Waals surface area contributed by atoms with Crippen molar-refractivity contribution < 1.29 is 14.3 Å². The van der Waals surface area contributed by atoms with Gasteiger partial charge < -0.3 is 10.5 Å². The average molecular weight is 253 g/mol. The SMILES string of the molecule is C=C(C(=C)C(=O)OCCCCCC(C)C)C(N)=O. The largest absolute Gasteiger partial charge is 0.462 e. The Kier molecular flexibility index (Phi) is 7.76. The minimum absolute atomic E-state index is 0.0651. The molecule has 0 aromatic carbocycles. The summed E-state index contributed by atoms with van der Waals surface area (Å²) in [5.41, 5.74) is 4.83. The second-order valence-corrected chi connectivity index (χ2v) is 4.70. The van der Waals surface area contributed by atoms with E-state index in [1.54, 1.807) is 0 Å². The van der Waals surface area contributed by atoms with E-state index >= 15 is 0 Å². The number of carbonyl (C=O) groups is 2. The van der Waals surface area contributed by atoms with Gasteiger partial charge in [0.1, 0.15) is 0 Å². The lowest BCUT2D eigenvalue weighted by Gasteiger charge is -2.08. The van der Waals surface area contributed by atoms with Gasteiger partial charge >= 0.3 is 5.97 Å². The van der Waals surface area contributed by atoms with Crippen LogP contribution in [-0.4, -0.2) is 18.5 Å². The predicted octanol–water partition coefficient (Wildman–Crippen LogP) is 2.34. The molecule has 18 heavy (non-hydrogen) atoms. The first-order valence-corrected chi connectivity index (χ1v) is 6.21. The zero-order valence-electron chi connectivity index (χ0n) is 11.3. The van der Waals surface area contributed by atoms with E-state index in [-0.39, 0.29) is 11.1 Å². The van der Waals surface area contributed by atoms with Crippen molar-refractivity contribution >= 4 is 11.9 Å². The Labute approximate surface area is 109 Å². The number of rotatable bonds is 9. The Morgan fingerprint density at radius 2 is 1.72 bits per heavy atom. The third kappa shape index (κ3) is 6.89. The van der Waals surface area contributed by atoms with Gasteiger partial charge in [0.05, 0.1) is 12.2 Å². The molecule has 4 nitrogen and oxygen atoms in total. The first kappa shape index (κ1) is 16.4. The fourth-order valence-electron chi connectivity index (χ4n) is 1.36. The average Bonchev–Trinajstić information content (AvgIpc) is 2.30. The summed E-state index contributed by atoms with van der Waals surface area (Å²) in [7, 11) is 0. The van der Waals surface area contributed by atoms with Crippen molar-refractivity contribution in [2.24, 2.45) is 11.7 Å². The van der Waals surface area contributed by atoms with Crippen LogP contribution in [0.2, 0.25) is 0 Å². The molecule has 0 aromatic heterocycles. The summed E-state index contributed by atoms with van der Waals surface area (Å²) >= 11 is 0. The van der Waals surface area contributed by atoms with Gasteiger partial charge in [-0.05, 0) is 12.3 Å². The van der Waals surface area contributed by atoms with E-state index in [4.69, 9.17) is 10.5 Å². The summed E-state index contributed by atoms with van der Waals surface area (Å²) in [6.45, 7) is 11.5. The van der Waals surface area contributed by atoms with Gasteiger partial charge in [0.25, 0.3) is 0 Å². The summed E-state index contributed by atoms with van der Waals surface area (Å²) in [5.74, 6) is -0.678. The minimum Gasteiger partial charge on any atom is -0.462 e. The Morgan fingerprint density at radius 3 is 2.22 bits per heavy atom. The van der Waals surface area contributed by atoms with Crippen LogP contribution in [0.25, 0.3) is 0 Å². The summed E-state index contributed by atoms with van der Waals surface area (Å²) in [5, 5.41) is 0. The molecular formula is C14H23NO3. The highest BCUT2D eigenvalue weighted by Crippen LogP contribution is 2.10. The molecule has 1 amide bonds. The molecular weight excluding hydrogens is 230 g/mol. The smallest absolute Gasteiger partial charge is 0.338 e. The van der Waals surface area contributed by atoms with Crippen LogP contribution in [0.4, 0.5) is 0 Å². The van der Waals surface area contributed by atoms with Gasteiger partial charge in [-0.2, -0.15) is 0 Å². The van der Waals surface area contributed by atoms with E-state index in [0.29, 0.717) is 12.5 Å². The number of amides is 1. The summed E-state index contributed by atoms with van der Waals surface area (Å²) in [6, 6.07) is 0. The van der Waals surface area contributed by atoms with Gasteiger partial charge in [0, 0.05) is 5.57 Å². The highest BCUT2D eigenvalue weighted by molar-refractivity contribution is 6.07. The van der Waals surface area contributed by atoms with E-state index < -0.39 is 11.9 Å². The zero-order chi connectivity index (χ0) is 14.1. The van der Waals surface area contributed by atoms with Crippen LogP contribution >= 0.6 is 0 Å². The van der Waals surface area contributed by atoms with Crippen LogP contribution in [0.5, 0.6) is 0 Å². The molecule has 0 aromatic rings. The van der Waals surface area contributed by atoms with Crippen molar-refractivity contribution in [3.05, 3.63) is 24.3 Å². The van der Waals surface area contributed by atoms with Crippen molar-refractivity contribution in [2.45, 2.75) is 39.5 Å². The van der Waals surface area contributed by atoms with E-state index in [2.05, 4.69) is 27.0 Å². The molecule has 0 atom stereocenters. The number of unbranched alkanes of at least 4 members (excludes halogenated alkanes) is 2. The third-order valence-electron chi connectivity index (χ3n) is 2.57. The van der Waals surface area contributed by atoms with Crippen LogP contribution in [0.1, 0.15) is 39.5 Å². The summed E-state index contributed by atoms with van der Waals surface area (Å²) < 4.78 is 4.98. The highest BCUT2D eigenvalue weighted by atomic mass is 16.5. The molecule has 0 rings (SSSR count). The number of hydrogen-bond donors (Lipinski definition) is 1. The van der Waals surface area contributed by atoms with E-state index in [0.717, 1.165) is 19.3 Å². The first-order chi connectivity index (χ1) is 8.36. The lowest BCUT2D eigenvalue weighted by Crippen LogP contribution is -2.19. The predicted molar refractivity (Wildman–Crippen MR) is 71.7 cm³/mol. The molecule has 0 heterocycles. The van der Waals surface area contributed by atoms with Crippen molar-refractivity contribution in [3.63, 3.8) is 0 Å². The molecule has 0 saturated heterocycles. The van der Waals surface area contributed by atoms with Crippen LogP contribution in [0.15, 0.2) is 24.3 Å². The molecule has 0 radical (unpaired) electrons. The van der Waals surface area contributed by atoms with E-state index in [1.165, 1.54) is 6.42 Å². The molecule has 0 bridgehead atoms. The maximum Gasteiger partial charge on any atom is 0.338 e. The van der Waals surface area contributed by atoms with Crippen LogP contribution in [-0.2, 0) is 14.3 Å². The van der Waals surface area contributed by atoms with E-state index in [1.807, 2.05) is 0 Å². The van der Waals surface area contributed by atoms with E-state index in [9.17, 15) is 9.59 Å². The van der Waals surface area contributed by atoms with Crippen molar-refractivity contribution in [2.75, 3.05) is 6.61 Å². The van der Waals surface area contributed by atoms with Crippen molar-refractivity contribution in [3.8, 4) is 0 Å². The van der Waals surface area contributed by atoms with Gasteiger partial charge in [-0.25, -0.2) is 4.79 Å². The fourth-order valence-corrected chi connectivity index (χ4v) is 1.36. The van der Waals surface area contributed by atoms with Crippen LogP contribution < -0.4 is 5.73 Å². The van der Waals surface area contributed by atoms with Crippen molar-refractivity contribution in [1.82, 2.24) is 0 Å². The summed E-state index contributed by atoms with van der Waals surface area (Å²) in [4.78, 5) is 22.2. The topological polar surface area (TPSA) is 69.4 Å². The molecule has 0 saturated carbocycles. The van der Waals surface area contributed by atoms with Crippen molar-refractivity contribution in [1.29, 1.82) is 0 Å². The van der Waals surface area contributed by atoms with Gasteiger partial charge in [-0.3, -0.25) is 4.79 Å². The second-order valence-electron chi connectivity index (χ2n) is 4.70. The standard InChI is InChI=1S/C14H23NO3/c1-10(2)8-6-5-7-9-18-14(17)12(4)11(3)13(15)16/h10H,3-9H2,1-2H3,(H2,15,16). The maximum absolute atomic E-state index is 11.4. The number of ether oxygens (including phenoxy) is 1. The molecule has 2 N–H and O–H groups in total. The first-order valence-electron chi connectivity index (χ1n) is 6.21. The second kappa shape index (κ2) is 8.50. The zero-order valence-corrected chi connectivity index (χ0v) is 11.3. The number of nitrogens with two attached hydrogens (primary N) is 1. The minimum atomic E-state index is -0.756. The molecule has 0 unspecified atom stereocenters. The quantitative estimate of drug-likeness (QED) is 0.297. The van der Waals surface area contributed by atoms with Crippen LogP contribution in [0, 0.1) is 5.92 Å². The fraction of sp³-hybridized carbons (Fsp3) is 0.571. The highest BCUT2D eigenvalue weighted by Gasteiger charge is 2.15. The Bertz CT molecular complexity index is 332. The molecule has 4 heteroatoms. The third-order valence-corrected chi connectivity index (χ3v) is 2.57. The van der Waals surface area contributed by atoms with Gasteiger partial charge in [-0.15, -0.1) is 0 Å². The number of carbonyl (C=O) groups excluding carboxylic acids is 2. The molecule has 102 valence electrons. The lowest BCUT2D eigenvalue weighted by atomic mass is 10.1. The Morgan fingerprint density at radius 1 is 1.11 bits per heavy atom. The maximum atomic E-state index is 11.4. The molecule has 0 aliphatic carbocycles. The molecule has 0 fully saturated rings. The normalized spacial score (nSPS) is 10.2. The number of hydrogen-bond acceptors (Lipinski definition) is 3.